The lowest BCUT2D eigenvalue weighted by Crippen LogP contribution is -2.22. The lowest BCUT2D eigenvalue weighted by atomic mass is 10.1. The van der Waals surface area contributed by atoms with Crippen LogP contribution in [0.25, 0.3) is 0 Å². The van der Waals surface area contributed by atoms with Crippen molar-refractivity contribution in [1.29, 1.82) is 0 Å². The van der Waals surface area contributed by atoms with Crippen LogP contribution in [0.5, 0.6) is 11.5 Å². The number of benzene rings is 2. The number of anilines is 1. The highest BCUT2D eigenvalue weighted by molar-refractivity contribution is 5.52. The third kappa shape index (κ3) is 3.71. The summed E-state index contributed by atoms with van der Waals surface area (Å²) in [4.78, 5) is 2.21. The molecule has 0 saturated heterocycles. The average Bonchev–Trinajstić information content (AvgIpc) is 2.67. The number of ether oxygens (including phenoxy) is 2. The molecule has 1 heterocycles. The van der Waals surface area contributed by atoms with Crippen LogP contribution in [0, 0.1) is 0 Å². The quantitative estimate of drug-likeness (QED) is 0.879. The van der Waals surface area contributed by atoms with Gasteiger partial charge in [0, 0.05) is 42.3 Å². The lowest BCUT2D eigenvalue weighted by Gasteiger charge is -2.23. The fraction of sp³-hybridized carbons (Fsp3) is 0.200. The van der Waals surface area contributed by atoms with E-state index >= 15 is 0 Å². The van der Waals surface area contributed by atoms with Crippen LogP contribution in [0.3, 0.4) is 0 Å². The van der Waals surface area contributed by atoms with Crippen molar-refractivity contribution in [3.63, 3.8) is 0 Å². The van der Waals surface area contributed by atoms with Crippen LogP contribution < -0.4 is 19.7 Å². The molecule has 0 bridgehead atoms. The maximum absolute atomic E-state index is 5.44. The number of rotatable bonds is 6. The van der Waals surface area contributed by atoms with Crippen LogP contribution in [-0.2, 0) is 6.54 Å². The Morgan fingerprint density at radius 2 is 1.88 bits per heavy atom. The maximum atomic E-state index is 5.44. The van der Waals surface area contributed by atoms with Crippen molar-refractivity contribution in [2.45, 2.75) is 6.54 Å². The summed E-state index contributed by atoms with van der Waals surface area (Å²) in [6, 6.07) is 16.2. The van der Waals surface area contributed by atoms with Crippen LogP contribution in [0.2, 0.25) is 0 Å². The Morgan fingerprint density at radius 1 is 1.04 bits per heavy atom. The van der Waals surface area contributed by atoms with Gasteiger partial charge in [0.1, 0.15) is 11.5 Å². The van der Waals surface area contributed by atoms with Gasteiger partial charge in [-0.25, -0.2) is 0 Å². The van der Waals surface area contributed by atoms with E-state index in [-0.39, 0.29) is 0 Å². The van der Waals surface area contributed by atoms with Gasteiger partial charge in [-0.3, -0.25) is 0 Å². The molecule has 0 saturated carbocycles. The molecule has 1 aliphatic heterocycles. The minimum absolute atomic E-state index is 0.703. The third-order valence-corrected chi connectivity index (χ3v) is 4.01. The van der Waals surface area contributed by atoms with Gasteiger partial charge in [-0.1, -0.05) is 18.2 Å². The molecule has 0 amide bonds. The molecule has 3 rings (SSSR count). The standard InChI is InChI=1S/C20H22N2O2/c1-23-19-9-8-16(20(14-19)24-2)15-21-17-10-12-22(13-11-17)18-6-4-3-5-7-18/h3-12,14,21H,13,15H2,1-2H3. The molecule has 0 atom stereocenters. The summed E-state index contributed by atoms with van der Waals surface area (Å²) < 4.78 is 10.7. The van der Waals surface area contributed by atoms with Gasteiger partial charge in [0.05, 0.1) is 14.2 Å². The highest BCUT2D eigenvalue weighted by atomic mass is 16.5. The van der Waals surface area contributed by atoms with E-state index in [0.29, 0.717) is 6.54 Å². The summed E-state index contributed by atoms with van der Waals surface area (Å²) in [5, 5.41) is 3.45. The zero-order valence-corrected chi connectivity index (χ0v) is 14.0. The van der Waals surface area contributed by atoms with E-state index < -0.39 is 0 Å². The van der Waals surface area contributed by atoms with E-state index in [1.165, 1.54) is 5.69 Å². The predicted octanol–water partition coefficient (Wildman–Crippen LogP) is 3.71. The van der Waals surface area contributed by atoms with Crippen molar-refractivity contribution in [1.82, 2.24) is 5.32 Å². The fourth-order valence-corrected chi connectivity index (χ4v) is 2.63. The van der Waals surface area contributed by atoms with Crippen molar-refractivity contribution in [3.8, 4) is 11.5 Å². The van der Waals surface area contributed by atoms with E-state index in [0.717, 1.165) is 29.3 Å². The largest absolute Gasteiger partial charge is 0.497 e. The summed E-state index contributed by atoms with van der Waals surface area (Å²) in [5.41, 5.74) is 3.40. The monoisotopic (exact) mass is 322 g/mol. The van der Waals surface area contributed by atoms with Crippen molar-refractivity contribution >= 4 is 5.69 Å². The average molecular weight is 322 g/mol. The van der Waals surface area contributed by atoms with Gasteiger partial charge < -0.3 is 19.7 Å². The number of nitrogens with zero attached hydrogens (tertiary/aromatic N) is 1. The molecule has 4 nitrogen and oxygen atoms in total. The number of allylic oxidation sites excluding steroid dienone is 1. The Kier molecular flexibility index (Phi) is 5.06. The fourth-order valence-electron chi connectivity index (χ4n) is 2.63. The lowest BCUT2D eigenvalue weighted by molar-refractivity contribution is 0.390. The summed E-state index contributed by atoms with van der Waals surface area (Å²) in [6.45, 7) is 1.55. The highest BCUT2D eigenvalue weighted by Crippen LogP contribution is 2.25. The minimum atomic E-state index is 0.703. The van der Waals surface area contributed by atoms with Crippen molar-refractivity contribution in [3.05, 3.63) is 78.1 Å². The van der Waals surface area contributed by atoms with Crippen LogP contribution >= 0.6 is 0 Å². The van der Waals surface area contributed by atoms with Crippen molar-refractivity contribution < 1.29 is 9.47 Å². The minimum Gasteiger partial charge on any atom is -0.497 e. The highest BCUT2D eigenvalue weighted by Gasteiger charge is 2.08. The first-order valence-corrected chi connectivity index (χ1v) is 7.95. The Morgan fingerprint density at radius 3 is 2.54 bits per heavy atom. The van der Waals surface area contributed by atoms with E-state index in [1.807, 2.05) is 24.3 Å². The summed E-state index contributed by atoms with van der Waals surface area (Å²) in [6.07, 6.45) is 6.37. The second-order valence-corrected chi connectivity index (χ2v) is 5.49. The molecule has 0 spiro atoms. The summed E-state index contributed by atoms with van der Waals surface area (Å²) in [7, 11) is 3.33. The predicted molar refractivity (Wildman–Crippen MR) is 97.4 cm³/mol. The van der Waals surface area contributed by atoms with Gasteiger partial charge >= 0.3 is 0 Å². The number of hydrogen-bond donors (Lipinski definition) is 1. The Labute approximate surface area is 143 Å². The topological polar surface area (TPSA) is 33.7 Å². The number of nitrogens with one attached hydrogen (secondary N) is 1. The zero-order valence-electron chi connectivity index (χ0n) is 14.0. The zero-order chi connectivity index (χ0) is 16.8. The smallest absolute Gasteiger partial charge is 0.127 e. The molecular formula is C20H22N2O2. The molecule has 0 fully saturated rings. The van der Waals surface area contributed by atoms with Crippen LogP contribution in [-0.4, -0.2) is 20.8 Å². The third-order valence-electron chi connectivity index (χ3n) is 4.01. The van der Waals surface area contributed by atoms with E-state index in [9.17, 15) is 0 Å². The SMILES string of the molecule is COc1ccc(CNC2=CCN(c3ccccc3)C=C2)c(OC)c1. The van der Waals surface area contributed by atoms with Gasteiger partial charge in [0.2, 0.25) is 0 Å². The summed E-state index contributed by atoms with van der Waals surface area (Å²) in [5.74, 6) is 1.62. The van der Waals surface area contributed by atoms with Gasteiger partial charge in [-0.15, -0.1) is 0 Å². The van der Waals surface area contributed by atoms with Crippen LogP contribution in [0.4, 0.5) is 5.69 Å². The molecule has 124 valence electrons. The molecule has 0 aromatic heterocycles. The number of hydrogen-bond acceptors (Lipinski definition) is 4. The molecule has 0 unspecified atom stereocenters. The number of methoxy groups -OCH3 is 2. The first-order valence-electron chi connectivity index (χ1n) is 7.95. The molecular weight excluding hydrogens is 300 g/mol. The van der Waals surface area contributed by atoms with Crippen molar-refractivity contribution in [2.24, 2.45) is 0 Å². The van der Waals surface area contributed by atoms with Gasteiger partial charge in [0.15, 0.2) is 0 Å². The molecule has 1 N–H and O–H groups in total. The Balaban J connectivity index is 1.61. The van der Waals surface area contributed by atoms with Gasteiger partial charge in [-0.05, 0) is 36.4 Å². The molecule has 2 aromatic rings. The Bertz CT molecular complexity index is 739. The molecule has 4 heteroatoms. The molecule has 24 heavy (non-hydrogen) atoms. The normalized spacial score (nSPS) is 13.4. The van der Waals surface area contributed by atoms with Gasteiger partial charge in [-0.2, -0.15) is 0 Å². The molecule has 1 aliphatic rings. The van der Waals surface area contributed by atoms with Crippen LogP contribution in [0.15, 0.2) is 72.6 Å². The summed E-state index contributed by atoms with van der Waals surface area (Å²) >= 11 is 0. The number of para-hydroxylation sites is 1. The van der Waals surface area contributed by atoms with Gasteiger partial charge in [0.25, 0.3) is 0 Å². The van der Waals surface area contributed by atoms with E-state index in [1.54, 1.807) is 14.2 Å². The first-order chi connectivity index (χ1) is 11.8. The first kappa shape index (κ1) is 16.0. The molecule has 0 aliphatic carbocycles. The second kappa shape index (κ2) is 7.59. The van der Waals surface area contributed by atoms with E-state index in [2.05, 4.69) is 52.8 Å². The maximum Gasteiger partial charge on any atom is 0.127 e. The van der Waals surface area contributed by atoms with E-state index in [4.69, 9.17) is 9.47 Å². The molecule has 2 aromatic carbocycles. The van der Waals surface area contributed by atoms with Crippen molar-refractivity contribution in [2.75, 3.05) is 25.7 Å². The second-order valence-electron chi connectivity index (χ2n) is 5.49. The molecule has 0 radical (unpaired) electrons. The van der Waals surface area contributed by atoms with Crippen LogP contribution in [0.1, 0.15) is 5.56 Å². The Hall–Kier alpha value is -2.88.